The van der Waals surface area contributed by atoms with Crippen LogP contribution in [0.1, 0.15) is 117 Å². The summed E-state index contributed by atoms with van der Waals surface area (Å²) in [4.78, 5) is 22.7. The zero-order chi connectivity index (χ0) is 34.9. The van der Waals surface area contributed by atoms with E-state index in [4.69, 9.17) is 18.5 Å². The van der Waals surface area contributed by atoms with Crippen LogP contribution in [-0.2, 0) is 27.9 Å². The van der Waals surface area contributed by atoms with Crippen LogP contribution in [0.15, 0.2) is 60.8 Å². The van der Waals surface area contributed by atoms with Gasteiger partial charge in [0.1, 0.15) is 19.3 Å². The molecule has 0 heterocycles. The van der Waals surface area contributed by atoms with Crippen LogP contribution in [0.3, 0.4) is 0 Å². The second-order valence-corrected chi connectivity index (χ2v) is 14.3. The fourth-order valence-corrected chi connectivity index (χ4v) is 5.03. The van der Waals surface area contributed by atoms with Crippen molar-refractivity contribution in [2.75, 3.05) is 54.1 Å². The highest BCUT2D eigenvalue weighted by molar-refractivity contribution is 7.47. The monoisotopic (exact) mass is 682 g/mol. The van der Waals surface area contributed by atoms with Gasteiger partial charge in [0.25, 0.3) is 0 Å². The summed E-state index contributed by atoms with van der Waals surface area (Å²) in [5.74, 6) is -0.375. The maximum atomic E-state index is 12.6. The van der Waals surface area contributed by atoms with Crippen LogP contribution in [-0.4, -0.2) is 75.6 Å². The number of unbranched alkanes of at least 4 members (excludes halogenated alkanes) is 8. The highest BCUT2D eigenvalue weighted by Gasteiger charge is 2.26. The predicted molar refractivity (Wildman–Crippen MR) is 196 cm³/mol. The lowest BCUT2D eigenvalue weighted by atomic mass is 10.1. The summed E-state index contributed by atoms with van der Waals surface area (Å²) in [7, 11) is 1.62. The Morgan fingerprint density at radius 3 is 1.77 bits per heavy atom. The summed E-state index contributed by atoms with van der Waals surface area (Å²) in [6.45, 7) is 5.37. The molecule has 0 amide bonds. The molecule has 0 aromatic rings. The smallest absolute Gasteiger partial charge is 0.457 e. The predicted octanol–water partition coefficient (Wildman–Crippen LogP) is 9.82. The molecule has 0 saturated heterocycles. The number of likely N-dealkylation sites (N-methyl/N-ethyl adjacent to an activating group) is 1. The van der Waals surface area contributed by atoms with Crippen molar-refractivity contribution in [3.05, 3.63) is 60.8 Å². The van der Waals surface area contributed by atoms with Gasteiger partial charge in [0.05, 0.1) is 34.4 Å². The molecule has 0 rings (SSSR count). The van der Waals surface area contributed by atoms with Crippen LogP contribution < -0.4 is 0 Å². The van der Waals surface area contributed by atoms with E-state index in [-0.39, 0.29) is 32.2 Å². The fourth-order valence-electron chi connectivity index (χ4n) is 4.29. The molecule has 9 heteroatoms. The third-order valence-electron chi connectivity index (χ3n) is 7.09. The third-order valence-corrected chi connectivity index (χ3v) is 8.08. The second-order valence-electron chi connectivity index (χ2n) is 12.9. The molecule has 0 radical (unpaired) electrons. The van der Waals surface area contributed by atoms with Crippen molar-refractivity contribution in [2.24, 2.45) is 0 Å². The van der Waals surface area contributed by atoms with Crippen molar-refractivity contribution in [3.8, 4) is 0 Å². The molecular formula is C38H69NO7P+. The number of nitrogens with zero attached hydrogens (tertiary/aromatic N) is 1. The molecule has 0 spiro atoms. The molecule has 1 N–H and O–H groups in total. The Balaban J connectivity index is 4.42. The topological polar surface area (TPSA) is 91.3 Å². The summed E-state index contributed by atoms with van der Waals surface area (Å²) in [6, 6.07) is 0. The number of rotatable bonds is 32. The lowest BCUT2D eigenvalue weighted by Crippen LogP contribution is -2.37. The van der Waals surface area contributed by atoms with Gasteiger partial charge in [0.15, 0.2) is 0 Å². The average molecular weight is 683 g/mol. The van der Waals surface area contributed by atoms with Crippen LogP contribution in [0, 0.1) is 0 Å². The standard InChI is InChI=1S/C38H68NO7P/c1-6-8-10-12-14-16-17-18-19-20-21-22-23-24-25-27-29-31-38(40)46-37(35-43-33-30-28-26-15-13-11-9-7-2)36-45-47(41,42)44-34-32-39(3,4)5/h8,10,14,16,18-19,21-22,24-25,37H,6-7,9,11-13,15,17,20,23,26-36H2,1-5H3/p+1/b10-8-,16-14-,19-18-,22-21-,25-24-. The number of hydrogen-bond donors (Lipinski definition) is 1. The van der Waals surface area contributed by atoms with E-state index in [0.717, 1.165) is 51.4 Å². The quantitative estimate of drug-likeness (QED) is 0.0248. The molecule has 0 saturated carbocycles. The van der Waals surface area contributed by atoms with Crippen LogP contribution in [0.2, 0.25) is 0 Å². The SMILES string of the molecule is CC/C=C\C/C=C\C/C=C\C/C=C\C/C=C\CCCC(=O)OC(COCCCCCCCCCC)COP(=O)(O)OCC[N+](C)(C)C. The molecule has 2 atom stereocenters. The number of allylic oxidation sites excluding steroid dienone is 10. The van der Waals surface area contributed by atoms with Gasteiger partial charge in [-0.25, -0.2) is 4.57 Å². The van der Waals surface area contributed by atoms with Gasteiger partial charge in [0, 0.05) is 13.0 Å². The normalized spacial score (nSPS) is 14.8. The minimum Gasteiger partial charge on any atom is -0.457 e. The number of phosphoric acid groups is 1. The average Bonchev–Trinajstić information content (AvgIpc) is 3.01. The molecular weight excluding hydrogens is 613 g/mol. The van der Waals surface area contributed by atoms with E-state index in [1.807, 2.05) is 21.1 Å². The minimum absolute atomic E-state index is 0.0759. The fraction of sp³-hybridized carbons (Fsp3) is 0.711. The lowest BCUT2D eigenvalue weighted by Gasteiger charge is -2.24. The zero-order valence-corrected chi connectivity index (χ0v) is 31.4. The van der Waals surface area contributed by atoms with E-state index in [0.29, 0.717) is 24.1 Å². The Hall–Kier alpha value is -1.80. The Morgan fingerprint density at radius 1 is 0.681 bits per heavy atom. The molecule has 47 heavy (non-hydrogen) atoms. The third kappa shape index (κ3) is 35.3. The van der Waals surface area contributed by atoms with E-state index in [1.165, 1.54) is 38.5 Å². The molecule has 0 bridgehead atoms. The number of carbonyl (C=O) groups excluding carboxylic acids is 1. The lowest BCUT2D eigenvalue weighted by molar-refractivity contribution is -0.870. The number of carbonyl (C=O) groups is 1. The Kier molecular flexibility index (Phi) is 30.3. The number of quaternary nitrogens is 1. The summed E-state index contributed by atoms with van der Waals surface area (Å²) in [6.07, 6.45) is 36.9. The number of ether oxygens (including phenoxy) is 2. The highest BCUT2D eigenvalue weighted by atomic mass is 31.2. The largest absolute Gasteiger partial charge is 0.472 e. The first kappa shape index (κ1) is 45.2. The summed E-state index contributed by atoms with van der Waals surface area (Å²) < 4.78 is 34.6. The van der Waals surface area contributed by atoms with Crippen LogP contribution >= 0.6 is 7.82 Å². The van der Waals surface area contributed by atoms with Crippen molar-refractivity contribution < 1.29 is 37.3 Å². The summed E-state index contributed by atoms with van der Waals surface area (Å²) in [5.41, 5.74) is 0. The van der Waals surface area contributed by atoms with Gasteiger partial charge in [-0.2, -0.15) is 0 Å². The van der Waals surface area contributed by atoms with E-state index in [9.17, 15) is 14.3 Å². The van der Waals surface area contributed by atoms with Gasteiger partial charge in [-0.05, 0) is 51.4 Å². The first-order valence-electron chi connectivity index (χ1n) is 18.0. The first-order chi connectivity index (χ1) is 22.6. The van der Waals surface area contributed by atoms with Crippen molar-refractivity contribution >= 4 is 13.8 Å². The van der Waals surface area contributed by atoms with Gasteiger partial charge in [-0.1, -0.05) is 120 Å². The molecule has 0 aromatic carbocycles. The van der Waals surface area contributed by atoms with Crippen molar-refractivity contribution in [3.63, 3.8) is 0 Å². The van der Waals surface area contributed by atoms with Crippen LogP contribution in [0.25, 0.3) is 0 Å². The maximum absolute atomic E-state index is 12.6. The molecule has 0 aliphatic heterocycles. The van der Waals surface area contributed by atoms with E-state index in [2.05, 4.69) is 74.6 Å². The summed E-state index contributed by atoms with van der Waals surface area (Å²) >= 11 is 0. The minimum atomic E-state index is -4.28. The summed E-state index contributed by atoms with van der Waals surface area (Å²) in [5, 5.41) is 0. The van der Waals surface area contributed by atoms with Gasteiger partial charge < -0.3 is 18.9 Å². The van der Waals surface area contributed by atoms with Gasteiger partial charge in [0.2, 0.25) is 0 Å². The molecule has 272 valence electrons. The Morgan fingerprint density at radius 2 is 1.21 bits per heavy atom. The van der Waals surface area contributed by atoms with Crippen molar-refractivity contribution in [2.45, 2.75) is 123 Å². The zero-order valence-electron chi connectivity index (χ0n) is 30.5. The van der Waals surface area contributed by atoms with E-state index in [1.54, 1.807) is 0 Å². The van der Waals surface area contributed by atoms with E-state index >= 15 is 0 Å². The van der Waals surface area contributed by atoms with Crippen molar-refractivity contribution in [1.29, 1.82) is 0 Å². The molecule has 0 aromatic heterocycles. The van der Waals surface area contributed by atoms with Crippen LogP contribution in [0.5, 0.6) is 0 Å². The van der Waals surface area contributed by atoms with E-state index < -0.39 is 13.9 Å². The molecule has 2 unspecified atom stereocenters. The van der Waals surface area contributed by atoms with Crippen LogP contribution in [0.4, 0.5) is 0 Å². The first-order valence-corrected chi connectivity index (χ1v) is 19.5. The Bertz CT molecular complexity index is 937. The highest BCUT2D eigenvalue weighted by Crippen LogP contribution is 2.43. The molecule has 8 nitrogen and oxygen atoms in total. The number of phosphoric ester groups is 1. The van der Waals surface area contributed by atoms with Crippen molar-refractivity contribution in [1.82, 2.24) is 0 Å². The number of esters is 1. The number of hydrogen-bond acceptors (Lipinski definition) is 6. The maximum Gasteiger partial charge on any atom is 0.472 e. The van der Waals surface area contributed by atoms with Gasteiger partial charge >= 0.3 is 13.8 Å². The van der Waals surface area contributed by atoms with Gasteiger partial charge in [-0.3, -0.25) is 13.8 Å². The molecule has 0 fully saturated rings. The van der Waals surface area contributed by atoms with Gasteiger partial charge in [-0.15, -0.1) is 0 Å². The Labute approximate surface area is 288 Å². The molecule has 0 aliphatic rings. The second kappa shape index (κ2) is 31.5. The molecule has 0 aliphatic carbocycles.